The molecule has 3 heterocycles. The highest BCUT2D eigenvalue weighted by Gasteiger charge is 2.79. The predicted molar refractivity (Wildman–Crippen MR) is 102 cm³/mol. The summed E-state index contributed by atoms with van der Waals surface area (Å²) in [5.74, 6) is -2.09. The Labute approximate surface area is 170 Å². The van der Waals surface area contributed by atoms with Gasteiger partial charge in [-0.1, -0.05) is 59.8 Å². The maximum Gasteiger partial charge on any atom is 0.410 e. The van der Waals surface area contributed by atoms with Gasteiger partial charge >= 0.3 is 18.0 Å². The lowest BCUT2D eigenvalue weighted by Crippen LogP contribution is -2.74. The molecule has 5 atom stereocenters. The fourth-order valence-corrected chi connectivity index (χ4v) is 6.34. The second kappa shape index (κ2) is 6.35. The molecule has 0 spiro atoms. The third-order valence-corrected chi connectivity index (χ3v) is 8.23. The van der Waals surface area contributed by atoms with Crippen LogP contribution in [0.25, 0.3) is 0 Å². The van der Waals surface area contributed by atoms with Crippen LogP contribution in [0.15, 0.2) is 30.3 Å². The third kappa shape index (κ3) is 2.41. The molecule has 4 aliphatic rings. The number of carboxylic acid groups (broad SMARTS) is 1. The van der Waals surface area contributed by atoms with Gasteiger partial charge in [-0.2, -0.15) is 0 Å². The Balaban J connectivity index is 1.66. The quantitative estimate of drug-likeness (QED) is 0.305. The zero-order valence-corrected chi connectivity index (χ0v) is 16.9. The molecule has 144 valence electrons. The number of carbonyl (C=O) groups is 3. The van der Waals surface area contributed by atoms with E-state index in [1.54, 1.807) is 0 Å². The topological polar surface area (TPSA) is 93.1 Å². The summed E-state index contributed by atoms with van der Waals surface area (Å²) in [6.07, 6.45) is 0.0490. The number of alkyl halides is 1. The van der Waals surface area contributed by atoms with Gasteiger partial charge in [-0.3, -0.25) is 14.5 Å². The summed E-state index contributed by atoms with van der Waals surface area (Å²) in [5, 5.41) is 9.93. The van der Waals surface area contributed by atoms with Crippen LogP contribution >= 0.6 is 22.6 Å². The van der Waals surface area contributed by atoms with E-state index in [0.717, 1.165) is 5.56 Å². The smallest absolute Gasteiger partial charge is 0.410 e. The summed E-state index contributed by atoms with van der Waals surface area (Å²) >= 11 is 2.25. The SMILES string of the molecule is CC[C@]12OC(=O)[C@@]3(C(=O)O)C[C@H](CN(C(=O)OCc4ccccc4)[C@H]31)[C@@H]2I. The molecule has 4 fully saturated rings. The van der Waals surface area contributed by atoms with Crippen LogP contribution in [-0.4, -0.2) is 50.2 Å². The van der Waals surface area contributed by atoms with Gasteiger partial charge in [0.1, 0.15) is 18.2 Å². The molecule has 1 saturated carbocycles. The van der Waals surface area contributed by atoms with Crippen LogP contribution in [0.5, 0.6) is 0 Å². The summed E-state index contributed by atoms with van der Waals surface area (Å²) in [7, 11) is 0. The van der Waals surface area contributed by atoms with E-state index in [-0.39, 0.29) is 22.9 Å². The molecule has 27 heavy (non-hydrogen) atoms. The molecule has 8 heteroatoms. The first-order valence-electron chi connectivity index (χ1n) is 8.95. The van der Waals surface area contributed by atoms with Gasteiger partial charge in [-0.15, -0.1) is 0 Å². The minimum Gasteiger partial charge on any atom is -0.480 e. The Bertz CT molecular complexity index is 801. The normalized spacial score (nSPS) is 36.4. The average molecular weight is 485 g/mol. The van der Waals surface area contributed by atoms with Crippen LogP contribution in [0.4, 0.5) is 4.79 Å². The molecule has 7 nitrogen and oxygen atoms in total. The number of hydrogen-bond acceptors (Lipinski definition) is 5. The molecule has 3 aliphatic heterocycles. The highest BCUT2D eigenvalue weighted by molar-refractivity contribution is 14.1. The monoisotopic (exact) mass is 485 g/mol. The van der Waals surface area contributed by atoms with Crippen molar-refractivity contribution in [3.05, 3.63) is 35.9 Å². The number of esters is 1. The summed E-state index contributed by atoms with van der Waals surface area (Å²) in [5.41, 5.74) is -1.84. The van der Waals surface area contributed by atoms with Gasteiger partial charge in [0.15, 0.2) is 5.41 Å². The van der Waals surface area contributed by atoms with Gasteiger partial charge in [-0.25, -0.2) is 4.79 Å². The molecule has 1 aromatic carbocycles. The Morgan fingerprint density at radius 3 is 2.70 bits per heavy atom. The Kier molecular flexibility index (Phi) is 4.36. The summed E-state index contributed by atoms with van der Waals surface area (Å²) < 4.78 is 11.1. The average Bonchev–Trinajstić information content (AvgIpc) is 2.92. The first-order valence-corrected chi connectivity index (χ1v) is 10.2. The van der Waals surface area contributed by atoms with E-state index in [0.29, 0.717) is 13.0 Å². The second-order valence-electron chi connectivity index (χ2n) is 7.44. The van der Waals surface area contributed by atoms with E-state index in [9.17, 15) is 19.5 Å². The highest BCUT2D eigenvalue weighted by Crippen LogP contribution is 2.62. The molecule has 1 N–H and O–H groups in total. The van der Waals surface area contributed by atoms with Crippen molar-refractivity contribution >= 4 is 40.6 Å². The van der Waals surface area contributed by atoms with E-state index in [1.807, 2.05) is 37.3 Å². The molecule has 0 radical (unpaired) electrons. The fraction of sp³-hybridized carbons (Fsp3) is 0.526. The number of fused-ring (bicyclic) bond motifs is 1. The first kappa shape index (κ1) is 18.5. The van der Waals surface area contributed by atoms with E-state index >= 15 is 0 Å². The van der Waals surface area contributed by atoms with Gasteiger partial charge < -0.3 is 14.6 Å². The van der Waals surface area contributed by atoms with Crippen molar-refractivity contribution in [2.45, 2.75) is 41.9 Å². The van der Waals surface area contributed by atoms with Crippen molar-refractivity contribution in [1.29, 1.82) is 0 Å². The van der Waals surface area contributed by atoms with Crippen molar-refractivity contribution < 1.29 is 29.0 Å². The molecular weight excluding hydrogens is 465 g/mol. The molecular formula is C19H20INO6. The lowest BCUT2D eigenvalue weighted by atomic mass is 9.57. The van der Waals surface area contributed by atoms with Crippen molar-refractivity contribution in [1.82, 2.24) is 4.90 Å². The molecule has 1 aliphatic carbocycles. The largest absolute Gasteiger partial charge is 0.480 e. The molecule has 0 aromatic heterocycles. The van der Waals surface area contributed by atoms with Gasteiger partial charge in [-0.05, 0) is 24.3 Å². The van der Waals surface area contributed by atoms with Crippen LogP contribution in [-0.2, 0) is 25.7 Å². The summed E-state index contributed by atoms with van der Waals surface area (Å²) in [6, 6.07) is 8.42. The number of piperidine rings is 2. The summed E-state index contributed by atoms with van der Waals surface area (Å²) in [4.78, 5) is 39.1. The van der Waals surface area contributed by atoms with Crippen LogP contribution < -0.4 is 0 Å². The number of hydrogen-bond donors (Lipinski definition) is 1. The minimum absolute atomic E-state index is 0.0396. The van der Waals surface area contributed by atoms with Crippen molar-refractivity contribution in [2.75, 3.05) is 6.54 Å². The maximum absolute atomic E-state index is 12.9. The number of halogens is 1. The highest BCUT2D eigenvalue weighted by atomic mass is 127. The van der Waals surface area contributed by atoms with Crippen LogP contribution in [0, 0.1) is 11.3 Å². The van der Waals surface area contributed by atoms with E-state index in [1.165, 1.54) is 4.90 Å². The van der Waals surface area contributed by atoms with Crippen LogP contribution in [0.2, 0.25) is 0 Å². The molecule has 0 unspecified atom stereocenters. The second-order valence-corrected chi connectivity index (χ2v) is 8.78. The fourth-order valence-electron chi connectivity index (χ4n) is 4.95. The molecule has 4 bridgehead atoms. The number of carboxylic acids is 1. The number of nitrogens with zero attached hydrogens (tertiary/aromatic N) is 1. The van der Waals surface area contributed by atoms with Crippen molar-refractivity contribution in [3.8, 4) is 0 Å². The number of benzene rings is 1. The van der Waals surface area contributed by atoms with Gasteiger partial charge in [0.2, 0.25) is 0 Å². The Morgan fingerprint density at radius 1 is 1.37 bits per heavy atom. The summed E-state index contributed by atoms with van der Waals surface area (Å²) in [6.45, 7) is 2.33. The predicted octanol–water partition coefficient (Wildman–Crippen LogP) is 2.61. The van der Waals surface area contributed by atoms with E-state index in [4.69, 9.17) is 9.47 Å². The van der Waals surface area contributed by atoms with Gasteiger partial charge in [0.05, 0.1) is 3.92 Å². The number of carbonyl (C=O) groups excluding carboxylic acids is 2. The Morgan fingerprint density at radius 2 is 2.07 bits per heavy atom. The van der Waals surface area contributed by atoms with Crippen molar-refractivity contribution in [2.24, 2.45) is 11.3 Å². The molecule has 1 amide bonds. The van der Waals surface area contributed by atoms with Crippen LogP contribution in [0.1, 0.15) is 25.3 Å². The number of rotatable bonds is 4. The molecule has 5 rings (SSSR count). The first-order chi connectivity index (χ1) is 12.9. The van der Waals surface area contributed by atoms with Crippen molar-refractivity contribution in [3.63, 3.8) is 0 Å². The zero-order chi connectivity index (χ0) is 19.4. The number of aliphatic carboxylic acids is 1. The lowest BCUT2D eigenvalue weighted by molar-refractivity contribution is -0.166. The zero-order valence-electron chi connectivity index (χ0n) is 14.8. The molecule has 1 aromatic rings. The van der Waals surface area contributed by atoms with Gasteiger partial charge in [0, 0.05) is 6.54 Å². The number of amides is 1. The van der Waals surface area contributed by atoms with Gasteiger partial charge in [0.25, 0.3) is 0 Å². The number of ether oxygens (including phenoxy) is 2. The lowest BCUT2D eigenvalue weighted by Gasteiger charge is -2.57. The van der Waals surface area contributed by atoms with E-state index < -0.39 is 35.1 Å². The van der Waals surface area contributed by atoms with E-state index in [2.05, 4.69) is 22.6 Å². The standard InChI is InChI=1S/C19H20INO6/c1-2-19-13(20)12-8-18(15(22)23,16(24)27-19)14(19)21(9-12)17(25)26-10-11-6-4-3-5-7-11/h3-7,12-14H,2,8-10H2,1H3,(H,22,23)/t12-,13+,14-,18+,19-/m1/s1. The third-order valence-electron chi connectivity index (χ3n) is 6.16. The van der Waals surface area contributed by atoms with Crippen LogP contribution in [0.3, 0.4) is 0 Å². The molecule has 3 saturated heterocycles. The maximum atomic E-state index is 12.9. The minimum atomic E-state index is -1.70. The Hall–Kier alpha value is -1.84.